The first-order chi connectivity index (χ1) is 8.16. The number of urea groups is 1. The summed E-state index contributed by atoms with van der Waals surface area (Å²) in [7, 11) is 0. The lowest BCUT2D eigenvalue weighted by molar-refractivity contribution is -0.0690. The third kappa shape index (κ3) is 4.35. The van der Waals surface area contributed by atoms with Crippen LogP contribution in [0.1, 0.15) is 41.0 Å². The van der Waals surface area contributed by atoms with Crippen LogP contribution in [0.5, 0.6) is 0 Å². The van der Waals surface area contributed by atoms with E-state index in [1.165, 1.54) is 0 Å². The van der Waals surface area contributed by atoms with Gasteiger partial charge in [0.25, 0.3) is 0 Å². The number of hydrogen-bond acceptors (Lipinski definition) is 3. The second kappa shape index (κ2) is 5.70. The first-order valence-electron chi connectivity index (χ1n) is 6.42. The number of rotatable bonds is 4. The maximum absolute atomic E-state index is 11.9. The smallest absolute Gasteiger partial charge is 0.315 e. The Morgan fingerprint density at radius 1 is 1.44 bits per heavy atom. The van der Waals surface area contributed by atoms with E-state index in [1.54, 1.807) is 11.8 Å². The molecule has 0 aromatic carbocycles. The van der Waals surface area contributed by atoms with Gasteiger partial charge in [-0.25, -0.2) is 4.79 Å². The molecule has 106 valence electrons. The highest BCUT2D eigenvalue weighted by molar-refractivity contribution is 7.98. The molecule has 4 nitrogen and oxygen atoms in total. The van der Waals surface area contributed by atoms with Gasteiger partial charge in [0.15, 0.2) is 0 Å². The van der Waals surface area contributed by atoms with Crippen molar-refractivity contribution in [3.63, 3.8) is 0 Å². The van der Waals surface area contributed by atoms with E-state index in [0.717, 1.165) is 12.2 Å². The Labute approximate surface area is 115 Å². The third-order valence-electron chi connectivity index (χ3n) is 3.17. The summed E-state index contributed by atoms with van der Waals surface area (Å²) in [6, 6.07) is 0.128. The Kier molecular flexibility index (Phi) is 4.95. The maximum Gasteiger partial charge on any atom is 0.315 e. The van der Waals surface area contributed by atoms with E-state index in [9.17, 15) is 4.79 Å². The molecule has 0 saturated carbocycles. The number of nitrogens with one attached hydrogen (secondary N) is 2. The fraction of sp³-hybridized carbons (Fsp3) is 0.923. The topological polar surface area (TPSA) is 50.4 Å². The molecule has 1 aliphatic rings. The van der Waals surface area contributed by atoms with Gasteiger partial charge in [0, 0.05) is 11.8 Å². The molecule has 1 fully saturated rings. The molecule has 0 spiro atoms. The van der Waals surface area contributed by atoms with Gasteiger partial charge in [-0.2, -0.15) is 11.8 Å². The van der Waals surface area contributed by atoms with Gasteiger partial charge in [-0.15, -0.1) is 0 Å². The lowest BCUT2D eigenvalue weighted by Gasteiger charge is -2.28. The Morgan fingerprint density at radius 3 is 2.50 bits per heavy atom. The minimum Gasteiger partial charge on any atom is -0.367 e. The SMILES string of the molecule is CSC[C@@H](C)NC(=O)N[C@@H]1CC(C)(C)OC1(C)C. The Morgan fingerprint density at radius 2 is 2.06 bits per heavy atom. The van der Waals surface area contributed by atoms with Gasteiger partial charge >= 0.3 is 6.03 Å². The van der Waals surface area contributed by atoms with Crippen LogP contribution >= 0.6 is 11.8 Å². The zero-order valence-electron chi connectivity index (χ0n) is 12.3. The monoisotopic (exact) mass is 274 g/mol. The number of ether oxygens (including phenoxy) is 1. The molecule has 0 bridgehead atoms. The molecule has 1 heterocycles. The summed E-state index contributed by atoms with van der Waals surface area (Å²) in [5, 5.41) is 5.98. The standard InChI is InChI=1S/C13H26N2O2S/c1-9(8-18-6)14-11(16)15-10-7-12(2,3)17-13(10,4)5/h9-10H,7-8H2,1-6H3,(H2,14,15,16)/t9-,10-/m1/s1. The highest BCUT2D eigenvalue weighted by atomic mass is 32.2. The third-order valence-corrected chi connectivity index (χ3v) is 4.01. The Hall–Kier alpha value is -0.420. The van der Waals surface area contributed by atoms with Crippen molar-refractivity contribution < 1.29 is 9.53 Å². The van der Waals surface area contributed by atoms with Crippen LogP contribution in [0.4, 0.5) is 4.79 Å². The van der Waals surface area contributed by atoms with Crippen LogP contribution in [0.2, 0.25) is 0 Å². The van der Waals surface area contributed by atoms with Crippen molar-refractivity contribution in [2.75, 3.05) is 12.0 Å². The Balaban J connectivity index is 2.50. The largest absolute Gasteiger partial charge is 0.367 e. The molecule has 0 unspecified atom stereocenters. The summed E-state index contributed by atoms with van der Waals surface area (Å²) in [5.74, 6) is 0.920. The molecular formula is C13H26N2O2S. The van der Waals surface area contributed by atoms with Crippen LogP contribution in [0.3, 0.4) is 0 Å². The zero-order chi connectivity index (χ0) is 14.0. The number of carbonyl (C=O) groups is 1. The number of carbonyl (C=O) groups excluding carboxylic acids is 1. The molecule has 2 atom stereocenters. The number of thioether (sulfide) groups is 1. The predicted molar refractivity (Wildman–Crippen MR) is 77.2 cm³/mol. The average molecular weight is 274 g/mol. The van der Waals surface area contributed by atoms with Gasteiger partial charge in [0.1, 0.15) is 0 Å². The molecule has 0 aliphatic carbocycles. The highest BCUT2D eigenvalue weighted by Gasteiger charge is 2.46. The normalized spacial score (nSPS) is 26.7. The van der Waals surface area contributed by atoms with E-state index < -0.39 is 0 Å². The first-order valence-corrected chi connectivity index (χ1v) is 7.82. The quantitative estimate of drug-likeness (QED) is 0.827. The molecule has 2 N–H and O–H groups in total. The summed E-state index contributed by atoms with van der Waals surface area (Å²) in [5.41, 5.74) is -0.490. The van der Waals surface area contributed by atoms with E-state index >= 15 is 0 Å². The van der Waals surface area contributed by atoms with Crippen molar-refractivity contribution in [3.05, 3.63) is 0 Å². The van der Waals surface area contributed by atoms with Gasteiger partial charge in [-0.05, 0) is 47.3 Å². The van der Waals surface area contributed by atoms with Crippen LogP contribution in [-0.4, -0.2) is 41.3 Å². The van der Waals surface area contributed by atoms with Crippen LogP contribution in [0.15, 0.2) is 0 Å². The van der Waals surface area contributed by atoms with Crippen LogP contribution < -0.4 is 10.6 Å². The summed E-state index contributed by atoms with van der Waals surface area (Å²) in [6.07, 6.45) is 2.87. The summed E-state index contributed by atoms with van der Waals surface area (Å²) in [6.45, 7) is 10.2. The molecule has 5 heteroatoms. The molecule has 18 heavy (non-hydrogen) atoms. The molecule has 0 radical (unpaired) electrons. The van der Waals surface area contributed by atoms with Crippen molar-refractivity contribution in [2.24, 2.45) is 0 Å². The summed E-state index contributed by atoms with van der Waals surface area (Å²) >= 11 is 1.73. The van der Waals surface area contributed by atoms with Crippen LogP contribution in [0, 0.1) is 0 Å². The molecule has 0 aromatic heterocycles. The first kappa shape index (κ1) is 15.6. The van der Waals surface area contributed by atoms with E-state index in [-0.39, 0.29) is 29.3 Å². The highest BCUT2D eigenvalue weighted by Crippen LogP contribution is 2.37. The second-order valence-corrected chi connectivity index (χ2v) is 7.11. The van der Waals surface area contributed by atoms with Crippen molar-refractivity contribution in [1.29, 1.82) is 0 Å². The van der Waals surface area contributed by atoms with Crippen molar-refractivity contribution >= 4 is 17.8 Å². The maximum atomic E-state index is 11.9. The molecule has 1 rings (SSSR count). The van der Waals surface area contributed by atoms with E-state index in [1.807, 2.05) is 27.0 Å². The Bertz CT molecular complexity index is 305. The lowest BCUT2D eigenvalue weighted by atomic mass is 9.95. The average Bonchev–Trinajstić information content (AvgIpc) is 2.33. The minimum absolute atomic E-state index is 0.0500. The molecule has 2 amide bonds. The molecule has 1 aliphatic heterocycles. The fourth-order valence-electron chi connectivity index (χ4n) is 2.50. The van der Waals surface area contributed by atoms with Crippen LogP contribution in [0.25, 0.3) is 0 Å². The van der Waals surface area contributed by atoms with E-state index in [2.05, 4.69) is 24.5 Å². The lowest BCUT2D eigenvalue weighted by Crippen LogP contribution is -2.51. The molecule has 0 aromatic rings. The molecule has 1 saturated heterocycles. The van der Waals surface area contributed by atoms with E-state index in [4.69, 9.17) is 4.74 Å². The second-order valence-electron chi connectivity index (χ2n) is 6.20. The van der Waals surface area contributed by atoms with Crippen LogP contribution in [-0.2, 0) is 4.74 Å². The van der Waals surface area contributed by atoms with Gasteiger partial charge in [0.2, 0.25) is 0 Å². The van der Waals surface area contributed by atoms with Gasteiger partial charge in [-0.3, -0.25) is 0 Å². The van der Waals surface area contributed by atoms with Crippen molar-refractivity contribution in [2.45, 2.75) is 64.3 Å². The number of amides is 2. The van der Waals surface area contributed by atoms with Crippen molar-refractivity contribution in [1.82, 2.24) is 10.6 Å². The zero-order valence-corrected chi connectivity index (χ0v) is 13.1. The number of hydrogen-bond donors (Lipinski definition) is 2. The van der Waals surface area contributed by atoms with Gasteiger partial charge in [0.05, 0.1) is 17.2 Å². The van der Waals surface area contributed by atoms with Crippen molar-refractivity contribution in [3.8, 4) is 0 Å². The fourth-order valence-corrected chi connectivity index (χ4v) is 3.09. The minimum atomic E-state index is -0.316. The van der Waals surface area contributed by atoms with Gasteiger partial charge < -0.3 is 15.4 Å². The summed E-state index contributed by atoms with van der Waals surface area (Å²) < 4.78 is 5.96. The summed E-state index contributed by atoms with van der Waals surface area (Å²) in [4.78, 5) is 11.9. The van der Waals surface area contributed by atoms with Gasteiger partial charge in [-0.1, -0.05) is 0 Å². The van der Waals surface area contributed by atoms with E-state index in [0.29, 0.717) is 0 Å². The molecular weight excluding hydrogens is 248 g/mol. The predicted octanol–water partition coefficient (Wildman–Crippen LogP) is 2.38.